The molecule has 0 saturated carbocycles. The van der Waals surface area contributed by atoms with Gasteiger partial charge in [0.25, 0.3) is 0 Å². The van der Waals surface area contributed by atoms with E-state index in [0.29, 0.717) is 18.2 Å². The van der Waals surface area contributed by atoms with E-state index in [2.05, 4.69) is 10.1 Å². The molecule has 0 aliphatic heterocycles. The molecule has 0 amide bonds. The zero-order valence-electron chi connectivity index (χ0n) is 12.8. The van der Waals surface area contributed by atoms with Crippen molar-refractivity contribution in [2.24, 2.45) is 5.92 Å². The summed E-state index contributed by atoms with van der Waals surface area (Å²) in [5, 5.41) is 3.73. The Balaban J connectivity index is 1.93. The van der Waals surface area contributed by atoms with Crippen molar-refractivity contribution in [2.45, 2.75) is 26.0 Å². The minimum absolute atomic E-state index is 0.0457. The van der Waals surface area contributed by atoms with E-state index in [9.17, 15) is 8.42 Å². The van der Waals surface area contributed by atoms with Gasteiger partial charge in [-0.1, -0.05) is 61.5 Å². The molecule has 0 atom stereocenters. The lowest BCUT2D eigenvalue weighted by Crippen LogP contribution is -2.08. The van der Waals surface area contributed by atoms with E-state index in [1.807, 2.05) is 44.2 Å². The fourth-order valence-electron chi connectivity index (χ4n) is 1.93. The van der Waals surface area contributed by atoms with Crippen LogP contribution in [0.3, 0.4) is 0 Å². The first-order chi connectivity index (χ1) is 10.4. The maximum Gasteiger partial charge on any atom is 0.226 e. The summed E-state index contributed by atoms with van der Waals surface area (Å²) in [4.78, 5) is 4.12. The van der Waals surface area contributed by atoms with E-state index in [1.54, 1.807) is 12.2 Å². The molecule has 2 rings (SSSR count). The standard InChI is InChI=1S/C16H20N2O3S/c1-13(2)11-16-17-15(18-21-16)12-22(19,20)10-6-9-14-7-4-3-5-8-14/h3-9,13H,10-12H2,1-2H3/b9-6+. The molecule has 6 heteroatoms. The highest BCUT2D eigenvalue weighted by atomic mass is 32.2. The summed E-state index contributed by atoms with van der Waals surface area (Å²) < 4.78 is 29.1. The second kappa shape index (κ2) is 7.35. The van der Waals surface area contributed by atoms with Crippen LogP contribution in [0.1, 0.15) is 31.1 Å². The largest absolute Gasteiger partial charge is 0.339 e. The highest BCUT2D eigenvalue weighted by Gasteiger charge is 2.16. The summed E-state index contributed by atoms with van der Waals surface area (Å²) >= 11 is 0. The molecule has 5 nitrogen and oxygen atoms in total. The normalized spacial score (nSPS) is 12.3. The molecule has 0 radical (unpaired) electrons. The lowest BCUT2D eigenvalue weighted by atomic mass is 10.1. The Morgan fingerprint density at radius 2 is 1.95 bits per heavy atom. The maximum atomic E-state index is 12.0. The Labute approximate surface area is 131 Å². The third kappa shape index (κ3) is 5.44. The third-order valence-electron chi connectivity index (χ3n) is 2.90. The van der Waals surface area contributed by atoms with Gasteiger partial charge < -0.3 is 4.52 Å². The number of sulfone groups is 1. The molecule has 0 N–H and O–H groups in total. The Kier molecular flexibility index (Phi) is 5.49. The molecule has 2 aromatic rings. The minimum atomic E-state index is -3.29. The summed E-state index contributed by atoms with van der Waals surface area (Å²) in [6.07, 6.45) is 4.08. The first-order valence-corrected chi connectivity index (χ1v) is 9.00. The van der Waals surface area contributed by atoms with Gasteiger partial charge >= 0.3 is 0 Å². The maximum absolute atomic E-state index is 12.0. The minimum Gasteiger partial charge on any atom is -0.339 e. The van der Waals surface area contributed by atoms with Crippen LogP contribution >= 0.6 is 0 Å². The predicted octanol–water partition coefficient (Wildman–Crippen LogP) is 2.90. The van der Waals surface area contributed by atoms with Crippen LogP contribution in [-0.2, 0) is 22.0 Å². The second-order valence-electron chi connectivity index (χ2n) is 5.57. The smallest absolute Gasteiger partial charge is 0.226 e. The van der Waals surface area contributed by atoms with Crippen molar-refractivity contribution in [3.05, 3.63) is 53.7 Å². The number of hydrogen-bond acceptors (Lipinski definition) is 5. The van der Waals surface area contributed by atoms with Crippen LogP contribution in [0.4, 0.5) is 0 Å². The number of rotatable bonds is 7. The highest BCUT2D eigenvalue weighted by molar-refractivity contribution is 7.90. The summed E-state index contributed by atoms with van der Waals surface area (Å²) in [5.74, 6) is 0.853. The molecule has 1 aromatic heterocycles. The van der Waals surface area contributed by atoms with Crippen molar-refractivity contribution >= 4 is 15.9 Å². The SMILES string of the molecule is CC(C)Cc1nc(CS(=O)(=O)C/C=C/c2ccccc2)no1. The van der Waals surface area contributed by atoms with Gasteiger partial charge in [0.05, 0.1) is 5.75 Å². The monoisotopic (exact) mass is 320 g/mol. The predicted molar refractivity (Wildman–Crippen MR) is 85.8 cm³/mol. The van der Waals surface area contributed by atoms with Crippen molar-refractivity contribution in [3.8, 4) is 0 Å². The molecule has 0 aliphatic rings. The second-order valence-corrected chi connectivity index (χ2v) is 7.68. The molecule has 0 spiro atoms. The van der Waals surface area contributed by atoms with Crippen molar-refractivity contribution in [2.75, 3.05) is 5.75 Å². The van der Waals surface area contributed by atoms with Crippen LogP contribution in [0, 0.1) is 5.92 Å². The van der Waals surface area contributed by atoms with Crippen LogP contribution < -0.4 is 0 Å². The van der Waals surface area contributed by atoms with E-state index in [1.165, 1.54) is 0 Å². The summed E-state index contributed by atoms with van der Waals surface area (Å²) in [6, 6.07) is 9.56. The number of hydrogen-bond donors (Lipinski definition) is 0. The van der Waals surface area contributed by atoms with Gasteiger partial charge in [0.1, 0.15) is 5.75 Å². The number of aromatic nitrogens is 2. The van der Waals surface area contributed by atoms with Crippen molar-refractivity contribution < 1.29 is 12.9 Å². The average molecular weight is 320 g/mol. The third-order valence-corrected chi connectivity index (χ3v) is 4.30. The van der Waals surface area contributed by atoms with Crippen molar-refractivity contribution in [3.63, 3.8) is 0 Å². The number of benzene rings is 1. The van der Waals surface area contributed by atoms with Crippen molar-refractivity contribution in [1.82, 2.24) is 10.1 Å². The van der Waals surface area contributed by atoms with Gasteiger partial charge in [-0.25, -0.2) is 8.42 Å². The average Bonchev–Trinajstić information content (AvgIpc) is 2.85. The van der Waals surface area contributed by atoms with Crippen LogP contribution in [0.5, 0.6) is 0 Å². The van der Waals surface area contributed by atoms with Gasteiger partial charge in [0, 0.05) is 6.42 Å². The Hall–Kier alpha value is -1.95. The van der Waals surface area contributed by atoms with E-state index in [4.69, 9.17) is 4.52 Å². The molecule has 0 fully saturated rings. The van der Waals surface area contributed by atoms with Gasteiger partial charge in [0.2, 0.25) is 5.89 Å². The molecular formula is C16H20N2O3S. The van der Waals surface area contributed by atoms with E-state index in [-0.39, 0.29) is 17.3 Å². The molecule has 22 heavy (non-hydrogen) atoms. The van der Waals surface area contributed by atoms with Crippen LogP contribution in [0.25, 0.3) is 6.08 Å². The van der Waals surface area contributed by atoms with Crippen molar-refractivity contribution in [1.29, 1.82) is 0 Å². The molecule has 0 bridgehead atoms. The van der Waals surface area contributed by atoms with Gasteiger partial charge in [0.15, 0.2) is 15.7 Å². The fraction of sp³-hybridized carbons (Fsp3) is 0.375. The van der Waals surface area contributed by atoms with Gasteiger partial charge in [-0.05, 0) is 11.5 Å². The Morgan fingerprint density at radius 3 is 2.64 bits per heavy atom. The van der Waals surface area contributed by atoms with Crippen LogP contribution in [0.15, 0.2) is 40.9 Å². The van der Waals surface area contributed by atoms with Gasteiger partial charge in [-0.15, -0.1) is 0 Å². The Morgan fingerprint density at radius 1 is 1.23 bits per heavy atom. The fourth-order valence-corrected chi connectivity index (χ4v) is 2.95. The van der Waals surface area contributed by atoms with Gasteiger partial charge in [-0.2, -0.15) is 4.98 Å². The summed E-state index contributed by atoms with van der Waals surface area (Å²) in [7, 11) is -3.29. The zero-order valence-corrected chi connectivity index (χ0v) is 13.6. The summed E-state index contributed by atoms with van der Waals surface area (Å²) in [5.41, 5.74) is 0.969. The molecule has 0 aliphatic carbocycles. The number of nitrogens with zero attached hydrogens (tertiary/aromatic N) is 2. The molecule has 1 heterocycles. The topological polar surface area (TPSA) is 73.1 Å². The lowest BCUT2D eigenvalue weighted by molar-refractivity contribution is 0.359. The van der Waals surface area contributed by atoms with Crippen LogP contribution in [-0.4, -0.2) is 24.3 Å². The van der Waals surface area contributed by atoms with E-state index in [0.717, 1.165) is 5.56 Å². The zero-order chi connectivity index (χ0) is 16.0. The molecule has 118 valence electrons. The highest BCUT2D eigenvalue weighted by Crippen LogP contribution is 2.09. The summed E-state index contributed by atoms with van der Waals surface area (Å²) in [6.45, 7) is 4.07. The first-order valence-electron chi connectivity index (χ1n) is 7.18. The quantitative estimate of drug-likeness (QED) is 0.784. The molecular weight excluding hydrogens is 300 g/mol. The first kappa shape index (κ1) is 16.4. The van der Waals surface area contributed by atoms with Gasteiger partial charge in [-0.3, -0.25) is 0 Å². The van der Waals surface area contributed by atoms with E-state index >= 15 is 0 Å². The molecule has 0 unspecified atom stereocenters. The molecule has 0 saturated heterocycles. The lowest BCUT2D eigenvalue weighted by Gasteiger charge is -1.97. The Bertz CT molecular complexity index is 719. The van der Waals surface area contributed by atoms with Crippen LogP contribution in [0.2, 0.25) is 0 Å². The van der Waals surface area contributed by atoms with E-state index < -0.39 is 9.84 Å². The molecule has 1 aromatic carbocycles.